The second kappa shape index (κ2) is 7.87. The molecular weight excluding hydrogens is 366 g/mol. The standard InChI is InChI=1S/C19H28BrN3O/c1-21-18(23-10-7-15(12-23)13-24-2)22-14-19(8-4-9-19)16-5-3-6-17(20)11-16/h3,5-6,11,15H,4,7-10,12-14H2,1-2H3,(H,21,22). The predicted molar refractivity (Wildman–Crippen MR) is 103 cm³/mol. The molecule has 1 aliphatic heterocycles. The Balaban J connectivity index is 1.63. The highest BCUT2D eigenvalue weighted by Gasteiger charge is 2.39. The molecule has 0 spiro atoms. The van der Waals surface area contributed by atoms with Crippen LogP contribution in [-0.4, -0.2) is 51.3 Å². The Bertz CT molecular complexity index is 586. The molecule has 0 aromatic heterocycles. The molecule has 2 fully saturated rings. The summed E-state index contributed by atoms with van der Waals surface area (Å²) < 4.78 is 6.47. The topological polar surface area (TPSA) is 36.9 Å². The summed E-state index contributed by atoms with van der Waals surface area (Å²) >= 11 is 3.61. The fourth-order valence-electron chi connectivity index (χ4n) is 3.97. The number of aliphatic imine (C=N–C) groups is 1. The van der Waals surface area contributed by atoms with Crippen LogP contribution in [0.4, 0.5) is 0 Å². The predicted octanol–water partition coefficient (Wildman–Crippen LogP) is 3.41. The molecule has 1 aliphatic carbocycles. The minimum Gasteiger partial charge on any atom is -0.384 e. The molecule has 3 rings (SSSR count). The molecule has 1 unspecified atom stereocenters. The number of rotatable bonds is 5. The van der Waals surface area contributed by atoms with Crippen LogP contribution in [0.1, 0.15) is 31.2 Å². The Hall–Kier alpha value is -1.07. The van der Waals surface area contributed by atoms with E-state index in [1.165, 1.54) is 31.2 Å². The molecule has 2 aliphatic rings. The minimum atomic E-state index is 0.255. The van der Waals surface area contributed by atoms with Crippen LogP contribution in [0.2, 0.25) is 0 Å². The van der Waals surface area contributed by atoms with Gasteiger partial charge in [0.2, 0.25) is 0 Å². The SMILES string of the molecule is CN=C(NCC1(c2cccc(Br)c2)CCC1)N1CCC(COC)C1. The van der Waals surface area contributed by atoms with Gasteiger partial charge in [-0.3, -0.25) is 4.99 Å². The van der Waals surface area contributed by atoms with E-state index in [2.05, 4.69) is 55.4 Å². The first-order chi connectivity index (χ1) is 11.7. The van der Waals surface area contributed by atoms with Gasteiger partial charge < -0.3 is 15.0 Å². The Labute approximate surface area is 153 Å². The monoisotopic (exact) mass is 393 g/mol. The number of nitrogens with one attached hydrogen (secondary N) is 1. The molecule has 1 aromatic rings. The largest absolute Gasteiger partial charge is 0.384 e. The third kappa shape index (κ3) is 3.77. The van der Waals surface area contributed by atoms with E-state index in [4.69, 9.17) is 4.74 Å². The number of benzene rings is 1. The number of guanidine groups is 1. The fourth-order valence-corrected chi connectivity index (χ4v) is 4.37. The summed E-state index contributed by atoms with van der Waals surface area (Å²) in [5.74, 6) is 1.66. The summed E-state index contributed by atoms with van der Waals surface area (Å²) in [6.45, 7) is 3.91. The maximum Gasteiger partial charge on any atom is 0.193 e. The summed E-state index contributed by atoms with van der Waals surface area (Å²) in [6, 6.07) is 8.78. The van der Waals surface area contributed by atoms with E-state index in [1.54, 1.807) is 7.11 Å². The smallest absolute Gasteiger partial charge is 0.193 e. The summed E-state index contributed by atoms with van der Waals surface area (Å²) in [6.07, 6.45) is 5.00. The number of ether oxygens (including phenoxy) is 1. The zero-order valence-electron chi connectivity index (χ0n) is 14.7. The maximum atomic E-state index is 5.31. The second-order valence-corrected chi connectivity index (χ2v) is 8.02. The number of hydrogen-bond acceptors (Lipinski definition) is 2. The molecule has 1 saturated heterocycles. The van der Waals surface area contributed by atoms with Gasteiger partial charge in [0.05, 0.1) is 6.61 Å². The van der Waals surface area contributed by atoms with Crippen molar-refractivity contribution in [1.29, 1.82) is 0 Å². The zero-order valence-corrected chi connectivity index (χ0v) is 16.3. The van der Waals surface area contributed by atoms with Gasteiger partial charge in [0, 0.05) is 49.6 Å². The molecule has 5 heteroatoms. The van der Waals surface area contributed by atoms with Crippen molar-refractivity contribution in [2.75, 3.05) is 40.4 Å². The average molecular weight is 394 g/mol. The molecule has 0 bridgehead atoms. The Kier molecular flexibility index (Phi) is 5.82. The number of halogens is 1. The van der Waals surface area contributed by atoms with Crippen LogP contribution >= 0.6 is 15.9 Å². The Morgan fingerprint density at radius 2 is 2.29 bits per heavy atom. The van der Waals surface area contributed by atoms with E-state index >= 15 is 0 Å². The molecule has 0 amide bonds. The van der Waals surface area contributed by atoms with Crippen LogP contribution in [0, 0.1) is 5.92 Å². The number of methoxy groups -OCH3 is 1. The van der Waals surface area contributed by atoms with Crippen molar-refractivity contribution in [3.8, 4) is 0 Å². The van der Waals surface area contributed by atoms with E-state index in [0.29, 0.717) is 5.92 Å². The lowest BCUT2D eigenvalue weighted by Gasteiger charge is -2.43. The molecule has 132 valence electrons. The summed E-state index contributed by atoms with van der Waals surface area (Å²) in [7, 11) is 3.67. The third-order valence-electron chi connectivity index (χ3n) is 5.53. The van der Waals surface area contributed by atoms with Gasteiger partial charge >= 0.3 is 0 Å². The first-order valence-corrected chi connectivity index (χ1v) is 9.67. The first kappa shape index (κ1) is 17.7. The van der Waals surface area contributed by atoms with E-state index in [-0.39, 0.29) is 5.41 Å². The lowest BCUT2D eigenvalue weighted by Crippen LogP contribution is -2.49. The summed E-state index contributed by atoms with van der Waals surface area (Å²) in [5.41, 5.74) is 1.69. The number of nitrogens with zero attached hydrogens (tertiary/aromatic N) is 2. The molecular formula is C19H28BrN3O. The molecule has 1 atom stereocenters. The van der Waals surface area contributed by atoms with Crippen molar-refractivity contribution >= 4 is 21.9 Å². The van der Waals surface area contributed by atoms with E-state index < -0.39 is 0 Å². The Morgan fingerprint density at radius 3 is 2.92 bits per heavy atom. The van der Waals surface area contributed by atoms with Crippen molar-refractivity contribution in [3.63, 3.8) is 0 Å². The molecule has 1 saturated carbocycles. The second-order valence-electron chi connectivity index (χ2n) is 7.10. The third-order valence-corrected chi connectivity index (χ3v) is 6.03. The highest BCUT2D eigenvalue weighted by atomic mass is 79.9. The fraction of sp³-hybridized carbons (Fsp3) is 0.632. The summed E-state index contributed by atoms with van der Waals surface area (Å²) in [5, 5.41) is 3.65. The lowest BCUT2D eigenvalue weighted by atomic mass is 9.64. The molecule has 1 N–H and O–H groups in total. The molecule has 0 radical (unpaired) electrons. The van der Waals surface area contributed by atoms with Gasteiger partial charge in [-0.15, -0.1) is 0 Å². The van der Waals surface area contributed by atoms with Crippen LogP contribution in [-0.2, 0) is 10.2 Å². The van der Waals surface area contributed by atoms with Gasteiger partial charge in [-0.05, 0) is 37.0 Å². The minimum absolute atomic E-state index is 0.255. The molecule has 1 heterocycles. The van der Waals surface area contributed by atoms with Gasteiger partial charge in [0.1, 0.15) is 0 Å². The van der Waals surface area contributed by atoms with E-state index in [1.807, 2.05) is 7.05 Å². The summed E-state index contributed by atoms with van der Waals surface area (Å²) in [4.78, 5) is 6.89. The van der Waals surface area contributed by atoms with Crippen molar-refractivity contribution in [2.24, 2.45) is 10.9 Å². The van der Waals surface area contributed by atoms with Crippen LogP contribution < -0.4 is 5.32 Å². The lowest BCUT2D eigenvalue weighted by molar-refractivity contribution is 0.157. The molecule has 24 heavy (non-hydrogen) atoms. The molecule has 4 nitrogen and oxygen atoms in total. The van der Waals surface area contributed by atoms with Crippen LogP contribution in [0.5, 0.6) is 0 Å². The van der Waals surface area contributed by atoms with E-state index in [0.717, 1.165) is 36.7 Å². The van der Waals surface area contributed by atoms with Gasteiger partial charge in [0.25, 0.3) is 0 Å². The average Bonchev–Trinajstić information content (AvgIpc) is 2.99. The first-order valence-electron chi connectivity index (χ1n) is 8.87. The normalized spacial score (nSPS) is 23.2. The van der Waals surface area contributed by atoms with Crippen molar-refractivity contribution in [2.45, 2.75) is 31.1 Å². The zero-order chi connectivity index (χ0) is 17.0. The Morgan fingerprint density at radius 1 is 1.46 bits per heavy atom. The van der Waals surface area contributed by atoms with Gasteiger partial charge in [0.15, 0.2) is 5.96 Å². The number of hydrogen-bond donors (Lipinski definition) is 1. The quantitative estimate of drug-likeness (QED) is 0.614. The highest BCUT2D eigenvalue weighted by Crippen LogP contribution is 2.43. The van der Waals surface area contributed by atoms with Crippen LogP contribution in [0.3, 0.4) is 0 Å². The van der Waals surface area contributed by atoms with Crippen LogP contribution in [0.25, 0.3) is 0 Å². The van der Waals surface area contributed by atoms with Gasteiger partial charge in [-0.1, -0.05) is 34.5 Å². The number of likely N-dealkylation sites (tertiary alicyclic amines) is 1. The van der Waals surface area contributed by atoms with Crippen molar-refractivity contribution in [3.05, 3.63) is 34.3 Å². The van der Waals surface area contributed by atoms with Gasteiger partial charge in [-0.2, -0.15) is 0 Å². The van der Waals surface area contributed by atoms with Crippen molar-refractivity contribution < 1.29 is 4.74 Å². The highest BCUT2D eigenvalue weighted by molar-refractivity contribution is 9.10. The van der Waals surface area contributed by atoms with E-state index in [9.17, 15) is 0 Å². The van der Waals surface area contributed by atoms with Gasteiger partial charge in [-0.25, -0.2) is 0 Å². The van der Waals surface area contributed by atoms with Crippen LogP contribution in [0.15, 0.2) is 33.7 Å². The maximum absolute atomic E-state index is 5.31. The molecule has 1 aromatic carbocycles. The van der Waals surface area contributed by atoms with Crippen molar-refractivity contribution in [1.82, 2.24) is 10.2 Å².